The first-order chi connectivity index (χ1) is 14.2. The van der Waals surface area contributed by atoms with Crippen LogP contribution in [0.5, 0.6) is 5.75 Å². The van der Waals surface area contributed by atoms with Gasteiger partial charge >= 0.3 is 6.18 Å². The van der Waals surface area contributed by atoms with E-state index in [0.29, 0.717) is 12.4 Å². The second-order valence-corrected chi connectivity index (χ2v) is 8.76. The average Bonchev–Trinajstić information content (AvgIpc) is 3.07. The summed E-state index contributed by atoms with van der Waals surface area (Å²) in [5.41, 5.74) is 1.91. The fourth-order valence-corrected chi connectivity index (χ4v) is 4.76. The number of ether oxygens (including phenoxy) is 1. The Bertz CT molecular complexity index is 928. The molecule has 160 valence electrons. The molecule has 1 heterocycles. The third-order valence-electron chi connectivity index (χ3n) is 6.81. The molecule has 1 fully saturated rings. The number of hydrogen-bond donors (Lipinski definition) is 1. The highest BCUT2D eigenvalue weighted by Gasteiger charge is 2.45. The number of amides is 1. The standard InChI is InChI=1S/C24H26F3NO2/c1-15-3-6-19(7-4-15)28-22(29)16(2)17-9-11-23(12-10-17)14-30-21-13-18(24(25,26)27)5-8-20(21)23/h3-8,13,16-17H,9-12,14H2,1-2H3,(H,28,29)/t16-,17-,23+/m0/s1. The van der Waals surface area contributed by atoms with E-state index in [1.54, 1.807) is 6.07 Å². The summed E-state index contributed by atoms with van der Waals surface area (Å²) in [7, 11) is 0. The predicted molar refractivity (Wildman–Crippen MR) is 110 cm³/mol. The van der Waals surface area contributed by atoms with Crippen LogP contribution in [0.15, 0.2) is 42.5 Å². The van der Waals surface area contributed by atoms with Crippen LogP contribution in [0, 0.1) is 18.8 Å². The molecular weight excluding hydrogens is 391 g/mol. The minimum atomic E-state index is -4.37. The maximum absolute atomic E-state index is 13.0. The van der Waals surface area contributed by atoms with Crippen molar-refractivity contribution in [3.8, 4) is 5.75 Å². The van der Waals surface area contributed by atoms with Crippen LogP contribution in [0.25, 0.3) is 0 Å². The van der Waals surface area contributed by atoms with Crippen LogP contribution >= 0.6 is 0 Å². The molecule has 1 amide bonds. The van der Waals surface area contributed by atoms with E-state index in [2.05, 4.69) is 5.32 Å². The van der Waals surface area contributed by atoms with E-state index in [1.807, 2.05) is 38.1 Å². The van der Waals surface area contributed by atoms with Gasteiger partial charge in [-0.1, -0.05) is 30.7 Å². The van der Waals surface area contributed by atoms with Crippen molar-refractivity contribution in [2.75, 3.05) is 11.9 Å². The van der Waals surface area contributed by atoms with Crippen molar-refractivity contribution in [3.05, 3.63) is 59.2 Å². The molecular formula is C24H26F3NO2. The van der Waals surface area contributed by atoms with E-state index in [4.69, 9.17) is 4.74 Å². The summed E-state index contributed by atoms with van der Waals surface area (Å²) >= 11 is 0. The van der Waals surface area contributed by atoms with E-state index < -0.39 is 11.7 Å². The molecule has 6 heteroatoms. The highest BCUT2D eigenvalue weighted by Crippen LogP contribution is 2.51. The Morgan fingerprint density at radius 3 is 2.43 bits per heavy atom. The molecule has 1 spiro atoms. The first-order valence-corrected chi connectivity index (χ1v) is 10.4. The zero-order chi connectivity index (χ0) is 21.5. The van der Waals surface area contributed by atoms with E-state index in [9.17, 15) is 18.0 Å². The van der Waals surface area contributed by atoms with Gasteiger partial charge in [0.25, 0.3) is 0 Å². The molecule has 0 radical (unpaired) electrons. The van der Waals surface area contributed by atoms with E-state index in [0.717, 1.165) is 54.6 Å². The lowest BCUT2D eigenvalue weighted by atomic mass is 9.65. The smallest absolute Gasteiger partial charge is 0.416 e. The SMILES string of the molecule is Cc1ccc(NC(=O)[C@@H](C)[C@H]2CC[C@@]3(CC2)COc2cc(C(F)(F)F)ccc23)cc1. The lowest BCUT2D eigenvalue weighted by molar-refractivity contribution is -0.137. The second kappa shape index (κ2) is 7.64. The van der Waals surface area contributed by atoms with E-state index in [1.165, 1.54) is 0 Å². The number of nitrogens with one attached hydrogen (secondary N) is 1. The molecule has 2 aromatic rings. The minimum Gasteiger partial charge on any atom is -0.492 e. The van der Waals surface area contributed by atoms with Crippen LogP contribution in [0.2, 0.25) is 0 Å². The number of rotatable bonds is 3. The second-order valence-electron chi connectivity index (χ2n) is 8.76. The van der Waals surface area contributed by atoms with Crippen LogP contribution in [0.1, 0.15) is 49.3 Å². The van der Waals surface area contributed by atoms with Gasteiger partial charge in [-0.15, -0.1) is 0 Å². The lowest BCUT2D eigenvalue weighted by Crippen LogP contribution is -2.37. The number of aryl methyl sites for hydroxylation is 1. The molecule has 3 nitrogen and oxygen atoms in total. The van der Waals surface area contributed by atoms with Gasteiger partial charge in [0.1, 0.15) is 5.75 Å². The Hall–Kier alpha value is -2.50. The van der Waals surface area contributed by atoms with Gasteiger partial charge < -0.3 is 10.1 Å². The normalized spacial score (nSPS) is 24.2. The number of benzene rings is 2. The topological polar surface area (TPSA) is 38.3 Å². The molecule has 1 saturated carbocycles. The molecule has 30 heavy (non-hydrogen) atoms. The van der Waals surface area contributed by atoms with Crippen molar-refractivity contribution in [1.82, 2.24) is 0 Å². The van der Waals surface area contributed by atoms with Crippen molar-refractivity contribution in [3.63, 3.8) is 0 Å². The Morgan fingerprint density at radius 2 is 1.80 bits per heavy atom. The zero-order valence-corrected chi connectivity index (χ0v) is 17.2. The van der Waals surface area contributed by atoms with Crippen LogP contribution in [-0.2, 0) is 16.4 Å². The van der Waals surface area contributed by atoms with Gasteiger partial charge in [-0.05, 0) is 62.8 Å². The van der Waals surface area contributed by atoms with Crippen molar-refractivity contribution in [2.45, 2.75) is 51.1 Å². The Labute approximate surface area is 174 Å². The van der Waals surface area contributed by atoms with E-state index >= 15 is 0 Å². The summed E-state index contributed by atoms with van der Waals surface area (Å²) in [6.45, 7) is 4.38. The Morgan fingerprint density at radius 1 is 1.13 bits per heavy atom. The summed E-state index contributed by atoms with van der Waals surface area (Å²) < 4.78 is 44.6. The summed E-state index contributed by atoms with van der Waals surface area (Å²) in [6.07, 6.45) is -1.03. The van der Waals surface area contributed by atoms with Crippen LogP contribution in [0.4, 0.5) is 18.9 Å². The van der Waals surface area contributed by atoms with E-state index in [-0.39, 0.29) is 23.2 Å². The highest BCUT2D eigenvalue weighted by molar-refractivity contribution is 5.92. The van der Waals surface area contributed by atoms with Gasteiger partial charge in [0.2, 0.25) is 5.91 Å². The van der Waals surface area contributed by atoms with Crippen molar-refractivity contribution < 1.29 is 22.7 Å². The number of halogens is 3. The molecule has 1 N–H and O–H groups in total. The maximum Gasteiger partial charge on any atom is 0.416 e. The maximum atomic E-state index is 13.0. The van der Waals surface area contributed by atoms with Gasteiger partial charge in [-0.25, -0.2) is 0 Å². The first kappa shape index (κ1) is 20.8. The summed E-state index contributed by atoms with van der Waals surface area (Å²) in [6, 6.07) is 11.6. The Kier molecular flexibility index (Phi) is 5.28. The number of fused-ring (bicyclic) bond motifs is 2. The molecule has 2 aliphatic rings. The van der Waals surface area contributed by atoms with Gasteiger partial charge in [-0.3, -0.25) is 4.79 Å². The Balaban J connectivity index is 1.41. The lowest BCUT2D eigenvalue weighted by Gasteiger charge is -2.38. The van der Waals surface area contributed by atoms with Gasteiger partial charge in [0.15, 0.2) is 0 Å². The van der Waals surface area contributed by atoms with Crippen LogP contribution in [0.3, 0.4) is 0 Å². The van der Waals surface area contributed by atoms with Crippen molar-refractivity contribution >= 4 is 11.6 Å². The van der Waals surface area contributed by atoms with Crippen molar-refractivity contribution in [2.24, 2.45) is 11.8 Å². The summed E-state index contributed by atoms with van der Waals surface area (Å²) in [5, 5.41) is 2.99. The third kappa shape index (κ3) is 3.92. The number of carbonyl (C=O) groups is 1. The van der Waals surface area contributed by atoms with Crippen LogP contribution in [-0.4, -0.2) is 12.5 Å². The number of anilines is 1. The van der Waals surface area contributed by atoms with Gasteiger partial charge in [0.05, 0.1) is 12.2 Å². The molecule has 1 aliphatic carbocycles. The molecule has 1 aliphatic heterocycles. The van der Waals surface area contributed by atoms with Gasteiger partial charge in [-0.2, -0.15) is 13.2 Å². The summed E-state index contributed by atoms with van der Waals surface area (Å²) in [5.74, 6) is 0.490. The minimum absolute atomic E-state index is 0.0118. The number of alkyl halides is 3. The fraction of sp³-hybridized carbons (Fsp3) is 0.458. The monoisotopic (exact) mass is 417 g/mol. The largest absolute Gasteiger partial charge is 0.492 e. The third-order valence-corrected chi connectivity index (χ3v) is 6.81. The number of hydrogen-bond acceptors (Lipinski definition) is 2. The fourth-order valence-electron chi connectivity index (χ4n) is 4.76. The molecule has 0 unspecified atom stereocenters. The summed E-state index contributed by atoms with van der Waals surface area (Å²) in [4.78, 5) is 12.7. The van der Waals surface area contributed by atoms with Crippen LogP contribution < -0.4 is 10.1 Å². The number of carbonyl (C=O) groups excluding carboxylic acids is 1. The first-order valence-electron chi connectivity index (χ1n) is 10.4. The average molecular weight is 417 g/mol. The van der Waals surface area contributed by atoms with Gasteiger partial charge in [0, 0.05) is 22.6 Å². The zero-order valence-electron chi connectivity index (χ0n) is 17.2. The quantitative estimate of drug-likeness (QED) is 0.654. The van der Waals surface area contributed by atoms with Crippen molar-refractivity contribution in [1.29, 1.82) is 0 Å². The molecule has 1 atom stereocenters. The molecule has 0 saturated heterocycles. The molecule has 4 rings (SSSR count). The molecule has 0 aromatic heterocycles. The predicted octanol–water partition coefficient (Wildman–Crippen LogP) is 6.11. The molecule has 0 bridgehead atoms. The highest BCUT2D eigenvalue weighted by atomic mass is 19.4. The molecule has 2 aromatic carbocycles.